The Labute approximate surface area is 168 Å². The number of nitrogens with zero attached hydrogens (tertiary/aromatic N) is 1. The average molecular weight is 432 g/mol. The molecule has 0 unspecified atom stereocenters. The van der Waals surface area contributed by atoms with Gasteiger partial charge in [-0.1, -0.05) is 37.3 Å². The molecule has 1 amide bonds. The number of amides is 1. The van der Waals surface area contributed by atoms with Crippen LogP contribution in [0.4, 0.5) is 0 Å². The fourth-order valence-electron chi connectivity index (χ4n) is 3.43. The summed E-state index contributed by atoms with van der Waals surface area (Å²) < 4.78 is 1.90. The fraction of sp³-hybridized carbons (Fsp3) is 0.429. The molecule has 1 aliphatic carbocycles. The third kappa shape index (κ3) is 4.10. The SMILES string of the molecule is CCCNn1c(C)c(C(=O)N[C@H](c2ccccc2)C2CC2)c(C)c(Br)c1=O. The number of carbonyl (C=O) groups is 1. The van der Waals surface area contributed by atoms with Crippen LogP contribution < -0.4 is 16.3 Å². The molecule has 1 aromatic heterocycles. The van der Waals surface area contributed by atoms with E-state index in [1.165, 1.54) is 4.68 Å². The van der Waals surface area contributed by atoms with E-state index in [9.17, 15) is 9.59 Å². The van der Waals surface area contributed by atoms with Crippen molar-refractivity contribution in [2.45, 2.75) is 46.1 Å². The van der Waals surface area contributed by atoms with Crippen LogP contribution in [0, 0.1) is 19.8 Å². The molecular weight excluding hydrogens is 406 g/mol. The third-order valence-corrected chi connectivity index (χ3v) is 6.01. The van der Waals surface area contributed by atoms with Gasteiger partial charge in [0, 0.05) is 6.54 Å². The van der Waals surface area contributed by atoms with Gasteiger partial charge in [0.2, 0.25) is 0 Å². The van der Waals surface area contributed by atoms with Crippen LogP contribution in [0.1, 0.15) is 59.4 Å². The number of halogens is 1. The van der Waals surface area contributed by atoms with E-state index in [4.69, 9.17) is 0 Å². The van der Waals surface area contributed by atoms with Crippen LogP contribution in [-0.4, -0.2) is 17.1 Å². The maximum Gasteiger partial charge on any atom is 0.283 e. The minimum absolute atomic E-state index is 0.000236. The van der Waals surface area contributed by atoms with Gasteiger partial charge in [-0.2, -0.15) is 0 Å². The Morgan fingerprint density at radius 3 is 2.52 bits per heavy atom. The minimum atomic E-state index is -0.170. The number of aromatic nitrogens is 1. The summed E-state index contributed by atoms with van der Waals surface area (Å²) in [5.74, 6) is 0.336. The summed E-state index contributed by atoms with van der Waals surface area (Å²) >= 11 is 3.37. The summed E-state index contributed by atoms with van der Waals surface area (Å²) in [5.41, 5.74) is 5.92. The lowest BCUT2D eigenvalue weighted by atomic mass is 10.0. The lowest BCUT2D eigenvalue weighted by molar-refractivity contribution is 0.0929. The van der Waals surface area contributed by atoms with Crippen molar-refractivity contribution in [1.29, 1.82) is 0 Å². The molecule has 3 rings (SSSR count). The third-order valence-electron chi connectivity index (χ3n) is 5.08. The van der Waals surface area contributed by atoms with E-state index in [0.717, 1.165) is 24.8 Å². The van der Waals surface area contributed by atoms with Crippen molar-refractivity contribution in [3.63, 3.8) is 0 Å². The Morgan fingerprint density at radius 1 is 1.26 bits per heavy atom. The molecular formula is C21H26BrN3O2. The smallest absolute Gasteiger partial charge is 0.283 e. The van der Waals surface area contributed by atoms with Gasteiger partial charge in [0.1, 0.15) is 0 Å². The first kappa shape index (κ1) is 19.7. The number of carbonyl (C=O) groups excluding carboxylic acids is 1. The zero-order valence-electron chi connectivity index (χ0n) is 16.0. The molecule has 1 atom stereocenters. The van der Waals surface area contributed by atoms with Gasteiger partial charge in [0.15, 0.2) is 0 Å². The highest BCUT2D eigenvalue weighted by molar-refractivity contribution is 9.10. The van der Waals surface area contributed by atoms with Crippen molar-refractivity contribution in [3.8, 4) is 0 Å². The monoisotopic (exact) mass is 431 g/mol. The topological polar surface area (TPSA) is 63.1 Å². The highest BCUT2D eigenvalue weighted by Crippen LogP contribution is 2.41. The van der Waals surface area contributed by atoms with E-state index in [1.54, 1.807) is 0 Å². The van der Waals surface area contributed by atoms with Crippen molar-refractivity contribution >= 4 is 21.8 Å². The van der Waals surface area contributed by atoms with Crippen LogP contribution in [0.15, 0.2) is 39.6 Å². The number of hydrogen-bond donors (Lipinski definition) is 2. The van der Waals surface area contributed by atoms with Gasteiger partial charge < -0.3 is 10.7 Å². The highest BCUT2D eigenvalue weighted by atomic mass is 79.9. The molecule has 0 aliphatic heterocycles. The van der Waals surface area contributed by atoms with Crippen LogP contribution in [0.5, 0.6) is 0 Å². The van der Waals surface area contributed by atoms with Crippen molar-refractivity contribution in [3.05, 3.63) is 67.5 Å². The summed E-state index contributed by atoms with van der Waals surface area (Å²) in [7, 11) is 0. The van der Waals surface area contributed by atoms with E-state index < -0.39 is 0 Å². The number of nitrogens with one attached hydrogen (secondary N) is 2. The molecule has 0 saturated heterocycles. The van der Waals surface area contributed by atoms with Crippen LogP contribution in [0.25, 0.3) is 0 Å². The first-order valence-electron chi connectivity index (χ1n) is 9.47. The molecule has 0 bridgehead atoms. The molecule has 144 valence electrons. The zero-order valence-corrected chi connectivity index (χ0v) is 17.6. The highest BCUT2D eigenvalue weighted by Gasteiger charge is 2.34. The maximum atomic E-state index is 13.2. The van der Waals surface area contributed by atoms with E-state index in [2.05, 4.69) is 38.8 Å². The zero-order chi connectivity index (χ0) is 19.6. The number of rotatable bonds is 7. The van der Waals surface area contributed by atoms with Gasteiger partial charge >= 0.3 is 0 Å². The summed E-state index contributed by atoms with van der Waals surface area (Å²) in [5, 5.41) is 3.22. The number of benzene rings is 1. The van der Waals surface area contributed by atoms with E-state index in [1.807, 2.05) is 39.0 Å². The summed E-state index contributed by atoms with van der Waals surface area (Å²) in [6, 6.07) is 10.1. The van der Waals surface area contributed by atoms with Gasteiger partial charge in [-0.3, -0.25) is 9.59 Å². The molecule has 5 nitrogen and oxygen atoms in total. The Kier molecular flexibility index (Phi) is 6.05. The Bertz CT molecular complexity index is 889. The van der Waals surface area contributed by atoms with Gasteiger partial charge in [-0.05, 0) is 66.1 Å². The molecule has 2 N–H and O–H groups in total. The van der Waals surface area contributed by atoms with Gasteiger partial charge in [0.05, 0.1) is 21.8 Å². The number of hydrogen-bond acceptors (Lipinski definition) is 3. The molecule has 27 heavy (non-hydrogen) atoms. The average Bonchev–Trinajstić information content (AvgIpc) is 3.50. The van der Waals surface area contributed by atoms with Crippen molar-refractivity contribution in [2.24, 2.45) is 5.92 Å². The summed E-state index contributed by atoms with van der Waals surface area (Å²) in [6.45, 7) is 6.32. The second kappa shape index (κ2) is 8.30. The van der Waals surface area contributed by atoms with Crippen LogP contribution in [-0.2, 0) is 0 Å². The largest absolute Gasteiger partial charge is 0.345 e. The first-order valence-corrected chi connectivity index (χ1v) is 10.3. The molecule has 2 aromatic rings. The predicted octanol–water partition coefficient (Wildman–Crippen LogP) is 4.06. The summed E-state index contributed by atoms with van der Waals surface area (Å²) in [6.07, 6.45) is 3.13. The fourth-order valence-corrected chi connectivity index (χ4v) is 3.80. The quantitative estimate of drug-likeness (QED) is 0.694. The van der Waals surface area contributed by atoms with Gasteiger partial charge in [-0.15, -0.1) is 0 Å². The molecule has 1 aliphatic rings. The molecule has 0 spiro atoms. The standard InChI is InChI=1S/C21H26BrN3O2/c1-4-12-23-25-14(3)17(13(2)18(22)21(25)27)20(26)24-19(16-10-11-16)15-8-6-5-7-9-15/h5-9,16,19,23H,4,10-12H2,1-3H3,(H,24,26)/t19-/m1/s1. The Balaban J connectivity index is 1.96. The molecule has 0 radical (unpaired) electrons. The van der Waals surface area contributed by atoms with Crippen LogP contribution >= 0.6 is 15.9 Å². The van der Waals surface area contributed by atoms with Crippen LogP contribution in [0.3, 0.4) is 0 Å². The molecule has 1 aromatic carbocycles. The molecule has 1 saturated carbocycles. The van der Waals surface area contributed by atoms with Crippen molar-refractivity contribution < 1.29 is 4.79 Å². The van der Waals surface area contributed by atoms with Gasteiger partial charge in [-0.25, -0.2) is 4.68 Å². The second-order valence-electron chi connectivity index (χ2n) is 7.15. The van der Waals surface area contributed by atoms with Gasteiger partial charge in [0.25, 0.3) is 11.5 Å². The van der Waals surface area contributed by atoms with E-state index >= 15 is 0 Å². The molecule has 6 heteroatoms. The van der Waals surface area contributed by atoms with Crippen molar-refractivity contribution in [2.75, 3.05) is 12.0 Å². The minimum Gasteiger partial charge on any atom is -0.345 e. The molecule has 1 heterocycles. The predicted molar refractivity (Wildman–Crippen MR) is 112 cm³/mol. The van der Waals surface area contributed by atoms with E-state index in [-0.39, 0.29) is 17.5 Å². The summed E-state index contributed by atoms with van der Waals surface area (Å²) in [4.78, 5) is 25.8. The number of pyridine rings is 1. The normalized spacial score (nSPS) is 14.7. The lowest BCUT2D eigenvalue weighted by Crippen LogP contribution is -2.37. The second-order valence-corrected chi connectivity index (χ2v) is 7.94. The Hall–Kier alpha value is -2.08. The van der Waals surface area contributed by atoms with Crippen LogP contribution in [0.2, 0.25) is 0 Å². The molecule has 1 fully saturated rings. The maximum absolute atomic E-state index is 13.2. The lowest BCUT2D eigenvalue weighted by Gasteiger charge is -2.22. The van der Waals surface area contributed by atoms with E-state index in [0.29, 0.717) is 33.8 Å². The first-order chi connectivity index (χ1) is 13.0. The Morgan fingerprint density at radius 2 is 1.93 bits per heavy atom. The van der Waals surface area contributed by atoms with Crippen molar-refractivity contribution in [1.82, 2.24) is 9.99 Å².